The van der Waals surface area contributed by atoms with Crippen LogP contribution in [-0.4, -0.2) is 37.2 Å². The van der Waals surface area contributed by atoms with Crippen LogP contribution in [0.2, 0.25) is 0 Å². The third kappa shape index (κ3) is 68.4. The Bertz CT molecular complexity index is 1370. The molecule has 0 N–H and O–H groups in total. The first-order valence-electron chi connectivity index (χ1n) is 37.0. The lowest BCUT2D eigenvalue weighted by molar-refractivity contribution is -0.167. The van der Waals surface area contributed by atoms with Crippen LogP contribution in [-0.2, 0) is 28.6 Å². The smallest absolute Gasteiger partial charge is 0.306 e. The second-order valence-electron chi connectivity index (χ2n) is 25.2. The topological polar surface area (TPSA) is 78.9 Å². The summed E-state index contributed by atoms with van der Waals surface area (Å²) >= 11 is 0. The van der Waals surface area contributed by atoms with Crippen molar-refractivity contribution in [3.63, 3.8) is 0 Å². The first-order valence-corrected chi connectivity index (χ1v) is 37.0. The lowest BCUT2D eigenvalue weighted by atomic mass is 10.0. The van der Waals surface area contributed by atoms with Gasteiger partial charge < -0.3 is 14.2 Å². The highest BCUT2D eigenvalue weighted by Crippen LogP contribution is 2.19. The Labute approximate surface area is 512 Å². The van der Waals surface area contributed by atoms with E-state index in [0.717, 1.165) is 70.6 Å². The van der Waals surface area contributed by atoms with E-state index in [1.54, 1.807) is 0 Å². The van der Waals surface area contributed by atoms with Gasteiger partial charge in [-0.3, -0.25) is 14.4 Å². The summed E-state index contributed by atoms with van der Waals surface area (Å²) in [5.41, 5.74) is 0. The van der Waals surface area contributed by atoms with E-state index in [9.17, 15) is 14.4 Å². The zero-order valence-corrected chi connectivity index (χ0v) is 55.5. The fraction of sp³-hybridized carbons (Fsp3) is 0.882. The van der Waals surface area contributed by atoms with Crippen LogP contribution in [0, 0.1) is 0 Å². The number of rotatable bonds is 69. The summed E-state index contributed by atoms with van der Waals surface area (Å²) < 4.78 is 17.0. The number of carbonyl (C=O) groups is 3. The third-order valence-electron chi connectivity index (χ3n) is 16.9. The minimum Gasteiger partial charge on any atom is -0.462 e. The molecule has 0 saturated heterocycles. The predicted octanol–water partition coefficient (Wildman–Crippen LogP) is 25.5. The molecule has 0 aliphatic heterocycles. The number of hydrogen-bond donors (Lipinski definition) is 0. The summed E-state index contributed by atoms with van der Waals surface area (Å²) in [7, 11) is 0. The number of esters is 3. The molecule has 482 valence electrons. The van der Waals surface area contributed by atoms with Crippen LogP contribution in [0.1, 0.15) is 412 Å². The lowest BCUT2D eigenvalue weighted by Gasteiger charge is -2.18. The van der Waals surface area contributed by atoms with Crippen LogP contribution in [0.3, 0.4) is 0 Å². The minimum atomic E-state index is -0.775. The number of hydrogen-bond acceptors (Lipinski definition) is 6. The minimum absolute atomic E-state index is 0.0700. The highest BCUT2D eigenvalue weighted by atomic mass is 16.6. The third-order valence-corrected chi connectivity index (χ3v) is 16.9. The van der Waals surface area contributed by atoms with E-state index in [2.05, 4.69) is 57.2 Å². The first-order chi connectivity index (χ1) is 40.5. The zero-order valence-electron chi connectivity index (χ0n) is 55.5. The lowest BCUT2D eigenvalue weighted by Crippen LogP contribution is -2.30. The maximum Gasteiger partial charge on any atom is 0.306 e. The van der Waals surface area contributed by atoms with E-state index in [0.29, 0.717) is 19.3 Å². The van der Waals surface area contributed by atoms with Gasteiger partial charge in [0.05, 0.1) is 0 Å². The largest absolute Gasteiger partial charge is 0.462 e. The predicted molar refractivity (Wildman–Crippen MR) is 358 cm³/mol. The molecule has 0 heterocycles. The Hall–Kier alpha value is -2.37. The van der Waals surface area contributed by atoms with Gasteiger partial charge in [0.15, 0.2) is 6.10 Å². The molecule has 0 aliphatic rings. The first kappa shape index (κ1) is 79.6. The Balaban J connectivity index is 4.26. The Morgan fingerprint density at radius 1 is 0.244 bits per heavy atom. The molecule has 1 atom stereocenters. The second-order valence-corrected chi connectivity index (χ2v) is 25.2. The van der Waals surface area contributed by atoms with Gasteiger partial charge in [-0.25, -0.2) is 0 Å². The fourth-order valence-electron chi connectivity index (χ4n) is 11.3. The fourth-order valence-corrected chi connectivity index (χ4v) is 11.3. The van der Waals surface area contributed by atoms with Crippen LogP contribution in [0.4, 0.5) is 0 Å². The van der Waals surface area contributed by atoms with Gasteiger partial charge in [0.25, 0.3) is 0 Å². The highest BCUT2D eigenvalue weighted by Gasteiger charge is 2.19. The van der Waals surface area contributed by atoms with Crippen molar-refractivity contribution in [2.45, 2.75) is 419 Å². The van der Waals surface area contributed by atoms with Crippen molar-refractivity contribution >= 4 is 17.9 Å². The molecule has 1 unspecified atom stereocenters. The molecule has 0 aromatic rings. The van der Waals surface area contributed by atoms with Gasteiger partial charge in [-0.15, -0.1) is 0 Å². The summed E-state index contributed by atoms with van der Waals surface area (Å²) in [6, 6.07) is 0. The molecule has 82 heavy (non-hydrogen) atoms. The number of unbranched alkanes of at least 4 members (excludes halogenated alkanes) is 52. The van der Waals surface area contributed by atoms with E-state index in [4.69, 9.17) is 14.2 Å². The van der Waals surface area contributed by atoms with Crippen LogP contribution in [0.15, 0.2) is 36.5 Å². The molecule has 0 aliphatic carbocycles. The van der Waals surface area contributed by atoms with Crippen molar-refractivity contribution in [2.75, 3.05) is 13.2 Å². The summed E-state index contributed by atoms with van der Waals surface area (Å²) in [5, 5.41) is 0. The van der Waals surface area contributed by atoms with E-state index in [-0.39, 0.29) is 31.1 Å². The molecule has 6 nitrogen and oxygen atoms in total. The van der Waals surface area contributed by atoms with Crippen LogP contribution in [0.25, 0.3) is 0 Å². The molecule has 0 rings (SSSR count). The van der Waals surface area contributed by atoms with E-state index < -0.39 is 6.10 Å². The molecular weight excluding hydrogens is 1010 g/mol. The molecule has 0 aromatic heterocycles. The maximum absolute atomic E-state index is 13.0. The van der Waals surface area contributed by atoms with Gasteiger partial charge in [0, 0.05) is 19.3 Å². The molecule has 0 fully saturated rings. The number of carbonyl (C=O) groups excluding carboxylic acids is 3. The molecule has 0 amide bonds. The van der Waals surface area contributed by atoms with Gasteiger partial charge in [-0.05, 0) is 77.0 Å². The molecule has 6 heteroatoms. The molecule has 0 saturated carbocycles. The van der Waals surface area contributed by atoms with Crippen LogP contribution in [0.5, 0.6) is 0 Å². The van der Waals surface area contributed by atoms with Crippen molar-refractivity contribution in [2.24, 2.45) is 0 Å². The average Bonchev–Trinajstić information content (AvgIpc) is 3.47. The molecule has 0 aromatic carbocycles. The summed E-state index contributed by atoms with van der Waals surface area (Å²) in [6.07, 6.45) is 89.0. The molecule has 0 radical (unpaired) electrons. The van der Waals surface area contributed by atoms with Gasteiger partial charge in [0.1, 0.15) is 13.2 Å². The van der Waals surface area contributed by atoms with Crippen molar-refractivity contribution < 1.29 is 28.6 Å². The monoisotopic (exact) mass is 1150 g/mol. The number of allylic oxidation sites excluding steroid dienone is 6. The van der Waals surface area contributed by atoms with Gasteiger partial charge in [0.2, 0.25) is 0 Å². The van der Waals surface area contributed by atoms with Gasteiger partial charge in [-0.1, -0.05) is 353 Å². The van der Waals surface area contributed by atoms with Crippen molar-refractivity contribution in [1.82, 2.24) is 0 Å². The quantitative estimate of drug-likeness (QED) is 0.0261. The van der Waals surface area contributed by atoms with E-state index in [1.807, 2.05) is 0 Å². The average molecular weight is 1150 g/mol. The van der Waals surface area contributed by atoms with Crippen LogP contribution < -0.4 is 0 Å². The molecular formula is C76H142O6. The summed E-state index contributed by atoms with van der Waals surface area (Å²) in [4.78, 5) is 38.5. The summed E-state index contributed by atoms with van der Waals surface area (Å²) in [5.74, 6) is -0.847. The van der Waals surface area contributed by atoms with Crippen molar-refractivity contribution in [1.29, 1.82) is 0 Å². The Kier molecular flexibility index (Phi) is 69.1. The second kappa shape index (κ2) is 71.1. The van der Waals surface area contributed by atoms with Gasteiger partial charge >= 0.3 is 17.9 Å². The highest BCUT2D eigenvalue weighted by molar-refractivity contribution is 5.71. The van der Waals surface area contributed by atoms with Crippen molar-refractivity contribution in [3.05, 3.63) is 36.5 Å². The zero-order chi connectivity index (χ0) is 59.2. The maximum atomic E-state index is 13.0. The summed E-state index contributed by atoms with van der Waals surface area (Å²) in [6.45, 7) is 6.70. The normalized spacial score (nSPS) is 12.2. The Morgan fingerprint density at radius 3 is 0.683 bits per heavy atom. The SMILES string of the molecule is CCCCCCC/C=C\C/C=C\CCCCCCCCCCCCCCCC(=O)OCC(COC(=O)CCCCCCC/C=C\CCCCCCCC)OC(=O)CCCCCCCCCCCCCCCCCCCCCCCCCC. The van der Waals surface area contributed by atoms with E-state index in [1.165, 1.54) is 302 Å². The molecule has 0 bridgehead atoms. The van der Waals surface area contributed by atoms with Crippen LogP contribution >= 0.6 is 0 Å². The Morgan fingerprint density at radius 2 is 0.439 bits per heavy atom. The molecule has 0 spiro atoms. The van der Waals surface area contributed by atoms with Crippen molar-refractivity contribution in [3.8, 4) is 0 Å². The standard InChI is InChI=1S/C76H142O6/c1-4-7-10-13-16-19-22-25-28-30-32-34-36-38-40-41-43-45-48-51-54-57-60-63-66-69-75(78)81-72-73(71-80-74(77)68-65-62-59-56-53-50-47-27-24-21-18-15-12-9-6-3)82-76(79)70-67-64-61-58-55-52-49-46-44-42-39-37-35-33-31-29-26-23-20-17-14-11-8-5-2/h22,25,27,30,32,47,73H,4-21,23-24,26,28-29,31,33-46,48-72H2,1-3H3/b25-22-,32-30-,47-27-. The van der Waals surface area contributed by atoms with E-state index >= 15 is 0 Å². The van der Waals surface area contributed by atoms with Gasteiger partial charge in [-0.2, -0.15) is 0 Å². The number of ether oxygens (including phenoxy) is 3.